The van der Waals surface area contributed by atoms with Gasteiger partial charge in [-0.1, -0.05) is 39.9 Å². The van der Waals surface area contributed by atoms with Crippen LogP contribution in [0.1, 0.15) is 12.0 Å². The Kier molecular flexibility index (Phi) is 4.60. The molecule has 0 atom stereocenters. The van der Waals surface area contributed by atoms with E-state index in [-0.39, 0.29) is 25.7 Å². The van der Waals surface area contributed by atoms with E-state index in [4.69, 9.17) is 26.8 Å². The smallest absolute Gasteiger partial charge is 0.305 e. The number of benzene rings is 1. The first kappa shape index (κ1) is 16.3. The fourth-order valence-corrected chi connectivity index (χ4v) is 3.82. The van der Waals surface area contributed by atoms with Gasteiger partial charge in [-0.3, -0.25) is 14.5 Å². The van der Waals surface area contributed by atoms with E-state index in [2.05, 4.69) is 15.9 Å². The molecule has 3 rings (SSSR count). The van der Waals surface area contributed by atoms with Crippen LogP contribution in [0.3, 0.4) is 0 Å². The molecule has 23 heavy (non-hydrogen) atoms. The summed E-state index contributed by atoms with van der Waals surface area (Å²) in [7, 11) is 0. The summed E-state index contributed by atoms with van der Waals surface area (Å²) >= 11 is 9.74. The summed E-state index contributed by atoms with van der Waals surface area (Å²) in [6.07, 6.45) is 1.56. The predicted octanol–water partition coefficient (Wildman–Crippen LogP) is 2.85. The number of fused-ring (bicyclic) bond motifs is 1. The highest BCUT2D eigenvalue weighted by Gasteiger charge is 2.32. The van der Waals surface area contributed by atoms with E-state index in [1.807, 2.05) is 0 Å². The van der Waals surface area contributed by atoms with Crippen molar-refractivity contribution in [3.63, 3.8) is 0 Å². The average Bonchev–Trinajstić information content (AvgIpc) is 3.03. The molecule has 1 fully saturated rings. The van der Waals surface area contributed by atoms with Crippen molar-refractivity contribution >= 4 is 62.2 Å². The lowest BCUT2D eigenvalue weighted by atomic mass is 10.2. The molecule has 1 saturated heterocycles. The van der Waals surface area contributed by atoms with Gasteiger partial charge in [0.15, 0.2) is 11.5 Å². The minimum Gasteiger partial charge on any atom is -0.481 e. The lowest BCUT2D eigenvalue weighted by Gasteiger charge is -2.12. The SMILES string of the molecule is O=C(O)CCN1C(=O)/C(=C\c2cc3c(cc2Br)OCO3)SC1=S. The Hall–Kier alpha value is -1.58. The quantitative estimate of drug-likeness (QED) is 0.598. The molecule has 120 valence electrons. The van der Waals surface area contributed by atoms with Gasteiger partial charge in [-0.2, -0.15) is 0 Å². The number of carboxylic acids is 1. The van der Waals surface area contributed by atoms with Gasteiger partial charge in [0, 0.05) is 11.0 Å². The highest BCUT2D eigenvalue weighted by Crippen LogP contribution is 2.39. The van der Waals surface area contributed by atoms with Crippen molar-refractivity contribution in [2.45, 2.75) is 6.42 Å². The molecule has 0 unspecified atom stereocenters. The fraction of sp³-hybridized carbons (Fsp3) is 0.214. The topological polar surface area (TPSA) is 76.1 Å². The molecule has 0 bridgehead atoms. The lowest BCUT2D eigenvalue weighted by Crippen LogP contribution is -2.30. The van der Waals surface area contributed by atoms with Crippen LogP contribution in [0.15, 0.2) is 21.5 Å². The van der Waals surface area contributed by atoms with Crippen LogP contribution in [0.5, 0.6) is 11.5 Å². The van der Waals surface area contributed by atoms with Gasteiger partial charge < -0.3 is 14.6 Å². The van der Waals surface area contributed by atoms with Gasteiger partial charge in [-0.15, -0.1) is 0 Å². The van der Waals surface area contributed by atoms with Crippen molar-refractivity contribution in [3.8, 4) is 11.5 Å². The van der Waals surface area contributed by atoms with E-state index in [0.29, 0.717) is 20.7 Å². The molecule has 6 nitrogen and oxygen atoms in total. The number of carboxylic acid groups (broad SMARTS) is 1. The van der Waals surface area contributed by atoms with Crippen LogP contribution in [0.2, 0.25) is 0 Å². The first-order valence-electron chi connectivity index (χ1n) is 6.52. The van der Waals surface area contributed by atoms with Crippen LogP contribution < -0.4 is 9.47 Å². The van der Waals surface area contributed by atoms with E-state index in [1.165, 1.54) is 4.90 Å². The number of halogens is 1. The number of ether oxygens (including phenoxy) is 2. The lowest BCUT2D eigenvalue weighted by molar-refractivity contribution is -0.137. The molecule has 2 aliphatic rings. The standard InChI is InChI=1S/C14H10BrNO5S2/c15-8-5-10-9(20-6-21-10)3-7(8)4-11-13(19)16(14(22)23-11)2-1-12(17)18/h3-5H,1-2,6H2,(H,17,18)/b11-4+. The summed E-state index contributed by atoms with van der Waals surface area (Å²) in [6.45, 7) is 0.238. The fourth-order valence-electron chi connectivity index (χ4n) is 2.08. The number of hydrogen-bond donors (Lipinski definition) is 1. The molecule has 2 heterocycles. The van der Waals surface area contributed by atoms with Gasteiger partial charge in [0.25, 0.3) is 5.91 Å². The molecule has 2 aliphatic heterocycles. The Morgan fingerprint density at radius 2 is 2.13 bits per heavy atom. The molecule has 0 saturated carbocycles. The second-order valence-electron chi connectivity index (χ2n) is 4.70. The van der Waals surface area contributed by atoms with Crippen molar-refractivity contribution in [3.05, 3.63) is 27.1 Å². The minimum atomic E-state index is -0.971. The average molecular weight is 416 g/mol. The second kappa shape index (κ2) is 6.50. The number of carbonyl (C=O) groups excluding carboxylic acids is 1. The van der Waals surface area contributed by atoms with E-state index < -0.39 is 5.97 Å². The first-order chi connectivity index (χ1) is 11.0. The molecule has 1 N–H and O–H groups in total. The Balaban J connectivity index is 1.85. The summed E-state index contributed by atoms with van der Waals surface area (Å²) in [5.41, 5.74) is 0.757. The van der Waals surface area contributed by atoms with Gasteiger partial charge in [-0.05, 0) is 23.8 Å². The molecule has 1 amide bonds. The minimum absolute atomic E-state index is 0.0691. The normalized spacial score (nSPS) is 18.1. The van der Waals surface area contributed by atoms with Crippen LogP contribution in [0.25, 0.3) is 6.08 Å². The Bertz CT molecular complexity index is 749. The summed E-state index contributed by atoms with van der Waals surface area (Å²) in [5, 5.41) is 8.74. The number of hydrogen-bond acceptors (Lipinski definition) is 6. The zero-order chi connectivity index (χ0) is 16.6. The first-order valence-corrected chi connectivity index (χ1v) is 8.54. The zero-order valence-electron chi connectivity index (χ0n) is 11.6. The third kappa shape index (κ3) is 3.36. The number of aliphatic carboxylic acids is 1. The third-order valence-electron chi connectivity index (χ3n) is 3.20. The number of carbonyl (C=O) groups is 2. The van der Waals surface area contributed by atoms with Gasteiger partial charge in [0.1, 0.15) is 4.32 Å². The third-order valence-corrected chi connectivity index (χ3v) is 5.27. The number of thioether (sulfide) groups is 1. The number of nitrogens with zero attached hydrogens (tertiary/aromatic N) is 1. The highest BCUT2D eigenvalue weighted by atomic mass is 79.9. The summed E-state index contributed by atoms with van der Waals surface area (Å²) in [6, 6.07) is 3.55. The summed E-state index contributed by atoms with van der Waals surface area (Å²) < 4.78 is 11.7. The number of rotatable bonds is 4. The molecule has 0 aliphatic carbocycles. The van der Waals surface area contributed by atoms with Crippen LogP contribution in [-0.4, -0.2) is 39.5 Å². The maximum Gasteiger partial charge on any atom is 0.305 e. The van der Waals surface area contributed by atoms with E-state index >= 15 is 0 Å². The molecular weight excluding hydrogens is 406 g/mol. The van der Waals surface area contributed by atoms with E-state index in [1.54, 1.807) is 18.2 Å². The molecule has 0 radical (unpaired) electrons. The van der Waals surface area contributed by atoms with E-state index in [9.17, 15) is 9.59 Å². The zero-order valence-corrected chi connectivity index (χ0v) is 14.8. The summed E-state index contributed by atoms with van der Waals surface area (Å²) in [5.74, 6) is -0.00352. The predicted molar refractivity (Wildman–Crippen MR) is 92.4 cm³/mol. The molecule has 0 aromatic heterocycles. The molecule has 1 aromatic rings. The molecular formula is C14H10BrNO5S2. The van der Waals surface area contributed by atoms with Crippen LogP contribution in [0.4, 0.5) is 0 Å². The molecule has 1 aromatic carbocycles. The summed E-state index contributed by atoms with van der Waals surface area (Å²) in [4.78, 5) is 24.8. The Labute approximate surface area is 149 Å². The Morgan fingerprint density at radius 3 is 2.83 bits per heavy atom. The molecule has 9 heteroatoms. The van der Waals surface area contributed by atoms with Crippen LogP contribution in [-0.2, 0) is 9.59 Å². The van der Waals surface area contributed by atoms with Crippen molar-refractivity contribution in [2.75, 3.05) is 13.3 Å². The largest absolute Gasteiger partial charge is 0.481 e. The van der Waals surface area contributed by atoms with Crippen molar-refractivity contribution < 1.29 is 24.2 Å². The van der Waals surface area contributed by atoms with E-state index in [0.717, 1.165) is 21.8 Å². The highest BCUT2D eigenvalue weighted by molar-refractivity contribution is 9.10. The van der Waals surface area contributed by atoms with Crippen molar-refractivity contribution in [2.24, 2.45) is 0 Å². The van der Waals surface area contributed by atoms with Gasteiger partial charge in [0.05, 0.1) is 11.3 Å². The van der Waals surface area contributed by atoms with Crippen LogP contribution >= 0.6 is 39.9 Å². The number of thiocarbonyl (C=S) groups is 1. The number of amides is 1. The van der Waals surface area contributed by atoms with Gasteiger partial charge >= 0.3 is 5.97 Å². The molecule has 0 spiro atoms. The van der Waals surface area contributed by atoms with Crippen molar-refractivity contribution in [1.82, 2.24) is 4.90 Å². The van der Waals surface area contributed by atoms with Crippen molar-refractivity contribution in [1.29, 1.82) is 0 Å². The van der Waals surface area contributed by atoms with Crippen LogP contribution in [0, 0.1) is 0 Å². The van der Waals surface area contributed by atoms with Gasteiger partial charge in [-0.25, -0.2) is 0 Å². The monoisotopic (exact) mass is 415 g/mol. The maximum atomic E-state index is 12.4. The maximum absolute atomic E-state index is 12.4. The Morgan fingerprint density at radius 1 is 1.43 bits per heavy atom. The second-order valence-corrected chi connectivity index (χ2v) is 7.23. The van der Waals surface area contributed by atoms with Gasteiger partial charge in [0.2, 0.25) is 6.79 Å².